The molecule has 0 aliphatic rings. The summed E-state index contributed by atoms with van der Waals surface area (Å²) in [6.45, 7) is 0.318. The molecule has 0 aliphatic carbocycles. The number of nitrogens with two attached hydrogens (primary N) is 1. The van der Waals surface area contributed by atoms with Gasteiger partial charge in [0.05, 0.1) is 18.9 Å². The molecule has 3 heterocycles. The zero-order valence-electron chi connectivity index (χ0n) is 19.3. The third-order valence-electron chi connectivity index (χ3n) is 5.54. The Balaban J connectivity index is 1.37. The number of nitrogen functional groups attached to an aromatic ring is 1. The van der Waals surface area contributed by atoms with E-state index in [1.54, 1.807) is 54.3 Å². The first-order chi connectivity index (χ1) is 17.5. The average Bonchev–Trinajstić information content (AvgIpc) is 3.26. The highest BCUT2D eigenvalue weighted by Gasteiger charge is 2.18. The predicted molar refractivity (Wildman–Crippen MR) is 135 cm³/mol. The lowest BCUT2D eigenvalue weighted by Crippen LogP contribution is -2.28. The summed E-state index contributed by atoms with van der Waals surface area (Å²) >= 11 is 0. The molecule has 0 spiro atoms. The summed E-state index contributed by atoms with van der Waals surface area (Å²) in [5, 5.41) is 5.61. The van der Waals surface area contributed by atoms with E-state index in [2.05, 4.69) is 25.6 Å². The van der Waals surface area contributed by atoms with Crippen molar-refractivity contribution in [1.29, 1.82) is 0 Å². The molecule has 0 saturated carbocycles. The van der Waals surface area contributed by atoms with Crippen LogP contribution in [0.1, 0.15) is 5.56 Å². The zero-order chi connectivity index (χ0) is 25.1. The van der Waals surface area contributed by atoms with E-state index in [0.29, 0.717) is 46.4 Å². The molecular formula is C26H22FN7O2. The molecule has 5 aromatic rings. The van der Waals surface area contributed by atoms with Crippen LogP contribution in [-0.4, -0.2) is 32.7 Å². The summed E-state index contributed by atoms with van der Waals surface area (Å²) < 4.78 is 20.8. The number of amides is 2. The van der Waals surface area contributed by atoms with Crippen molar-refractivity contribution in [3.63, 3.8) is 0 Å². The fourth-order valence-electron chi connectivity index (χ4n) is 3.77. The number of imidazole rings is 1. The van der Waals surface area contributed by atoms with E-state index in [4.69, 9.17) is 10.5 Å². The number of nitrogens with one attached hydrogen (secondary N) is 2. The fourth-order valence-corrected chi connectivity index (χ4v) is 3.77. The van der Waals surface area contributed by atoms with Crippen molar-refractivity contribution in [2.24, 2.45) is 0 Å². The second-order valence-corrected chi connectivity index (χ2v) is 7.91. The first-order valence-corrected chi connectivity index (χ1v) is 11.0. The molecule has 0 saturated heterocycles. The van der Waals surface area contributed by atoms with Crippen LogP contribution in [0.5, 0.6) is 5.75 Å². The van der Waals surface area contributed by atoms with Crippen LogP contribution in [0.4, 0.5) is 20.7 Å². The van der Waals surface area contributed by atoms with Crippen LogP contribution < -0.4 is 21.1 Å². The van der Waals surface area contributed by atoms with Crippen molar-refractivity contribution < 1.29 is 13.9 Å². The monoisotopic (exact) mass is 483 g/mol. The molecule has 0 fully saturated rings. The minimum absolute atomic E-state index is 0.304. The summed E-state index contributed by atoms with van der Waals surface area (Å²) in [6, 6.07) is 19.1. The number of carbonyl (C=O) groups excluding carboxylic acids is 1. The SMILES string of the molecule is COc1ccc(NC(=O)NCc2ccc(-n3c(-c4cccnc4N)nc4cc(F)cnc43)cc2)cc1. The standard InChI is InChI=1S/C26H22FN7O2/c1-36-20-10-6-18(7-11-20)32-26(35)31-14-16-4-8-19(9-5-16)34-24(21-3-2-12-29-23(21)28)33-22-13-17(27)15-30-25(22)34/h2-13,15H,14H2,1H3,(H2,28,29)(H2,31,32,35). The number of methoxy groups -OCH3 is 1. The van der Waals surface area contributed by atoms with Crippen LogP contribution in [0.2, 0.25) is 0 Å². The van der Waals surface area contributed by atoms with E-state index >= 15 is 0 Å². The van der Waals surface area contributed by atoms with Crippen molar-refractivity contribution in [1.82, 2.24) is 24.8 Å². The minimum atomic E-state index is -0.479. The van der Waals surface area contributed by atoms with E-state index in [-0.39, 0.29) is 6.03 Å². The molecule has 0 unspecified atom stereocenters. The van der Waals surface area contributed by atoms with Gasteiger partial charge in [-0.15, -0.1) is 0 Å². The molecule has 4 N–H and O–H groups in total. The third kappa shape index (κ3) is 4.64. The Bertz CT molecular complexity index is 1530. The van der Waals surface area contributed by atoms with Crippen LogP contribution in [0.25, 0.3) is 28.2 Å². The van der Waals surface area contributed by atoms with Gasteiger partial charge in [-0.3, -0.25) is 4.57 Å². The van der Waals surface area contributed by atoms with Crippen LogP contribution >= 0.6 is 0 Å². The number of ether oxygens (including phenoxy) is 1. The van der Waals surface area contributed by atoms with E-state index in [1.807, 2.05) is 24.3 Å². The number of benzene rings is 2. The molecule has 0 aliphatic heterocycles. The van der Waals surface area contributed by atoms with Crippen molar-refractivity contribution in [3.05, 3.63) is 90.5 Å². The molecule has 0 bridgehead atoms. The lowest BCUT2D eigenvalue weighted by Gasteiger charge is -2.12. The Morgan fingerprint density at radius 3 is 2.58 bits per heavy atom. The van der Waals surface area contributed by atoms with Gasteiger partial charge in [0.15, 0.2) is 11.5 Å². The number of pyridine rings is 2. The number of halogens is 1. The van der Waals surface area contributed by atoms with Gasteiger partial charge < -0.3 is 21.1 Å². The average molecular weight is 484 g/mol. The molecule has 0 atom stereocenters. The van der Waals surface area contributed by atoms with Crippen molar-refractivity contribution in [2.45, 2.75) is 6.54 Å². The number of urea groups is 1. The Labute approximate surface area is 205 Å². The number of nitrogens with zero attached hydrogens (tertiary/aromatic N) is 4. The summed E-state index contributed by atoms with van der Waals surface area (Å²) in [6.07, 6.45) is 2.74. The Hall–Kier alpha value is -4.99. The maximum atomic E-state index is 13.8. The molecule has 2 amide bonds. The van der Waals surface area contributed by atoms with Crippen LogP contribution in [0, 0.1) is 5.82 Å². The smallest absolute Gasteiger partial charge is 0.319 e. The van der Waals surface area contributed by atoms with Gasteiger partial charge in [-0.05, 0) is 54.1 Å². The fraction of sp³-hybridized carbons (Fsp3) is 0.0769. The lowest BCUT2D eigenvalue weighted by molar-refractivity contribution is 0.251. The number of anilines is 2. The molecular weight excluding hydrogens is 461 g/mol. The topological polar surface area (TPSA) is 120 Å². The molecule has 0 radical (unpaired) electrons. The van der Waals surface area contributed by atoms with Crippen LogP contribution in [0.3, 0.4) is 0 Å². The van der Waals surface area contributed by atoms with Crippen molar-refractivity contribution in [3.8, 4) is 22.8 Å². The first-order valence-electron chi connectivity index (χ1n) is 11.0. The highest BCUT2D eigenvalue weighted by Crippen LogP contribution is 2.30. The van der Waals surface area contributed by atoms with Gasteiger partial charge in [-0.2, -0.15) is 0 Å². The number of hydrogen-bond donors (Lipinski definition) is 3. The minimum Gasteiger partial charge on any atom is -0.497 e. The van der Waals surface area contributed by atoms with Gasteiger partial charge in [-0.1, -0.05) is 12.1 Å². The van der Waals surface area contributed by atoms with E-state index < -0.39 is 5.82 Å². The highest BCUT2D eigenvalue weighted by atomic mass is 19.1. The molecule has 180 valence electrons. The number of aromatic nitrogens is 4. The summed E-state index contributed by atoms with van der Waals surface area (Å²) in [5.41, 5.74) is 9.88. The Morgan fingerprint density at radius 1 is 1.08 bits per heavy atom. The van der Waals surface area contributed by atoms with Gasteiger partial charge >= 0.3 is 6.03 Å². The number of fused-ring (bicyclic) bond motifs is 1. The summed E-state index contributed by atoms with van der Waals surface area (Å²) in [5.74, 6) is 1.03. The van der Waals surface area contributed by atoms with Gasteiger partial charge in [0.2, 0.25) is 0 Å². The summed E-state index contributed by atoms with van der Waals surface area (Å²) in [4.78, 5) is 25.3. The summed E-state index contributed by atoms with van der Waals surface area (Å²) in [7, 11) is 1.58. The Morgan fingerprint density at radius 2 is 1.86 bits per heavy atom. The quantitative estimate of drug-likeness (QED) is 0.326. The van der Waals surface area contributed by atoms with Crippen LogP contribution in [0.15, 0.2) is 79.1 Å². The van der Waals surface area contributed by atoms with Crippen molar-refractivity contribution >= 4 is 28.7 Å². The number of carbonyl (C=O) groups is 1. The maximum absolute atomic E-state index is 13.8. The van der Waals surface area contributed by atoms with Gasteiger partial charge in [0.1, 0.15) is 22.9 Å². The molecule has 3 aromatic heterocycles. The van der Waals surface area contributed by atoms with Crippen molar-refractivity contribution in [2.75, 3.05) is 18.2 Å². The largest absolute Gasteiger partial charge is 0.497 e. The third-order valence-corrected chi connectivity index (χ3v) is 5.54. The molecule has 36 heavy (non-hydrogen) atoms. The van der Waals surface area contributed by atoms with E-state index in [1.165, 1.54) is 6.07 Å². The second-order valence-electron chi connectivity index (χ2n) is 7.91. The number of hydrogen-bond acceptors (Lipinski definition) is 6. The van der Waals surface area contributed by atoms with E-state index in [0.717, 1.165) is 17.4 Å². The lowest BCUT2D eigenvalue weighted by atomic mass is 10.2. The predicted octanol–water partition coefficient (Wildman–Crippen LogP) is 4.53. The van der Waals surface area contributed by atoms with E-state index in [9.17, 15) is 9.18 Å². The molecule has 2 aromatic carbocycles. The van der Waals surface area contributed by atoms with Crippen LogP contribution in [-0.2, 0) is 6.54 Å². The molecule has 10 heteroatoms. The number of rotatable bonds is 6. The molecule has 5 rings (SSSR count). The molecule has 9 nitrogen and oxygen atoms in total. The highest BCUT2D eigenvalue weighted by molar-refractivity contribution is 5.89. The normalized spacial score (nSPS) is 10.8. The zero-order valence-corrected chi connectivity index (χ0v) is 19.3. The Kier molecular flexibility index (Phi) is 6.14. The maximum Gasteiger partial charge on any atom is 0.319 e. The van der Waals surface area contributed by atoms with Gasteiger partial charge in [-0.25, -0.2) is 24.1 Å². The second kappa shape index (κ2) is 9.71. The first kappa shape index (κ1) is 22.8. The van der Waals surface area contributed by atoms with Gasteiger partial charge in [0.25, 0.3) is 0 Å². The van der Waals surface area contributed by atoms with Gasteiger partial charge in [0, 0.05) is 30.2 Å².